The Morgan fingerprint density at radius 2 is 1.86 bits per heavy atom. The molecule has 3 aromatic heterocycles. The molecule has 4 rings (SSSR count). The van der Waals surface area contributed by atoms with Crippen molar-refractivity contribution in [2.24, 2.45) is 0 Å². The van der Waals surface area contributed by atoms with E-state index in [-0.39, 0.29) is 23.2 Å². The summed E-state index contributed by atoms with van der Waals surface area (Å²) in [6, 6.07) is 4.17. The number of hydrogen-bond acceptors (Lipinski definition) is 5. The maximum atomic E-state index is 13.5. The molecule has 0 saturated carbocycles. The molecule has 148 valence electrons. The maximum Gasteiger partial charge on any atom is 0.433 e. The van der Waals surface area contributed by atoms with E-state index in [1.807, 2.05) is 0 Å². The molecule has 28 heavy (non-hydrogen) atoms. The second-order valence-electron chi connectivity index (χ2n) is 7.02. The van der Waals surface area contributed by atoms with E-state index in [0.717, 1.165) is 10.6 Å². The Morgan fingerprint density at radius 1 is 1.14 bits per heavy atom. The van der Waals surface area contributed by atoms with Crippen LogP contribution in [0.4, 0.5) is 13.2 Å². The Morgan fingerprint density at radius 3 is 2.46 bits per heavy atom. The van der Waals surface area contributed by atoms with Gasteiger partial charge in [-0.2, -0.15) is 18.3 Å². The van der Waals surface area contributed by atoms with Crippen molar-refractivity contribution in [3.63, 3.8) is 0 Å². The van der Waals surface area contributed by atoms with E-state index in [2.05, 4.69) is 15.2 Å². The summed E-state index contributed by atoms with van der Waals surface area (Å²) in [5.41, 5.74) is 0.806. The highest BCUT2D eigenvalue weighted by Crippen LogP contribution is 2.34. The number of alkyl halides is 3. The number of piperidine rings is 1. The Kier molecular flexibility index (Phi) is 4.35. The van der Waals surface area contributed by atoms with Crippen molar-refractivity contribution in [1.29, 1.82) is 0 Å². The molecule has 1 amide bonds. The number of aromatic nitrogens is 4. The molecule has 1 aliphatic rings. The van der Waals surface area contributed by atoms with E-state index in [1.165, 1.54) is 6.07 Å². The van der Waals surface area contributed by atoms with Crippen LogP contribution in [0.5, 0.6) is 0 Å². The largest absolute Gasteiger partial charge is 0.433 e. The molecule has 0 atom stereocenters. The minimum Gasteiger partial charge on any atom is -0.351 e. The van der Waals surface area contributed by atoms with Gasteiger partial charge in [-0.1, -0.05) is 5.16 Å². The highest BCUT2D eigenvalue weighted by atomic mass is 19.4. The predicted molar refractivity (Wildman–Crippen MR) is 91.8 cm³/mol. The molecule has 0 bridgehead atoms. The second kappa shape index (κ2) is 6.61. The number of fused-ring (bicyclic) bond motifs is 1. The second-order valence-corrected chi connectivity index (χ2v) is 7.02. The fourth-order valence-electron chi connectivity index (χ4n) is 3.52. The van der Waals surface area contributed by atoms with Gasteiger partial charge in [0.1, 0.15) is 5.69 Å². The summed E-state index contributed by atoms with van der Waals surface area (Å²) in [5, 5.41) is 7.61. The predicted octanol–water partition coefficient (Wildman–Crippen LogP) is 3.37. The van der Waals surface area contributed by atoms with Gasteiger partial charge in [0, 0.05) is 36.8 Å². The quantitative estimate of drug-likeness (QED) is 0.667. The SMILES string of the molecule is Cc1cc(C(=O)N2CCC(c3cc(C(F)(F)F)n4nc(C)cc4n3)CC2)on1. The number of nitrogens with zero attached hydrogens (tertiary/aromatic N) is 5. The third kappa shape index (κ3) is 3.34. The number of amides is 1. The van der Waals surface area contributed by atoms with Crippen LogP contribution in [0.25, 0.3) is 5.65 Å². The Bertz CT molecular complexity index is 1030. The van der Waals surface area contributed by atoms with Crippen LogP contribution >= 0.6 is 0 Å². The highest BCUT2D eigenvalue weighted by molar-refractivity contribution is 5.91. The number of hydrogen-bond donors (Lipinski definition) is 0. The van der Waals surface area contributed by atoms with Gasteiger partial charge in [-0.25, -0.2) is 9.50 Å². The minimum atomic E-state index is -4.53. The van der Waals surface area contributed by atoms with E-state index in [1.54, 1.807) is 24.8 Å². The molecular formula is C18H18F3N5O2. The lowest BCUT2D eigenvalue weighted by Crippen LogP contribution is -2.38. The lowest BCUT2D eigenvalue weighted by molar-refractivity contribution is -0.142. The standard InChI is InChI=1S/C18H18F3N5O2/c1-10-8-16-22-13(9-15(18(19,20)21)26(16)23-10)12-3-5-25(6-4-12)17(27)14-7-11(2)24-28-14/h7-9,12H,3-6H2,1-2H3. The van der Waals surface area contributed by atoms with Crippen LogP contribution in [0.3, 0.4) is 0 Å². The van der Waals surface area contributed by atoms with Crippen molar-refractivity contribution < 1.29 is 22.5 Å². The van der Waals surface area contributed by atoms with Crippen LogP contribution in [-0.4, -0.2) is 43.7 Å². The number of likely N-dealkylation sites (tertiary alicyclic amines) is 1. The number of rotatable bonds is 2. The number of carbonyl (C=O) groups excluding carboxylic acids is 1. The minimum absolute atomic E-state index is 0.165. The fourth-order valence-corrected chi connectivity index (χ4v) is 3.52. The third-order valence-corrected chi connectivity index (χ3v) is 4.90. The van der Waals surface area contributed by atoms with Crippen molar-refractivity contribution >= 4 is 11.6 Å². The van der Waals surface area contributed by atoms with Crippen molar-refractivity contribution in [3.05, 3.63) is 46.7 Å². The van der Waals surface area contributed by atoms with Gasteiger partial charge in [-0.3, -0.25) is 4.79 Å². The summed E-state index contributed by atoms with van der Waals surface area (Å²) in [4.78, 5) is 18.5. The Hall–Kier alpha value is -2.91. The number of aryl methyl sites for hydroxylation is 2. The summed E-state index contributed by atoms with van der Waals surface area (Å²) >= 11 is 0. The number of halogens is 3. The van der Waals surface area contributed by atoms with Gasteiger partial charge in [-0.05, 0) is 32.8 Å². The van der Waals surface area contributed by atoms with Gasteiger partial charge in [-0.15, -0.1) is 0 Å². The summed E-state index contributed by atoms with van der Waals surface area (Å²) in [6.07, 6.45) is -3.49. The first kappa shape index (κ1) is 18.5. The summed E-state index contributed by atoms with van der Waals surface area (Å²) < 4.78 is 46.3. The van der Waals surface area contributed by atoms with Crippen molar-refractivity contribution in [2.75, 3.05) is 13.1 Å². The average molecular weight is 393 g/mol. The topological polar surface area (TPSA) is 76.5 Å². The van der Waals surface area contributed by atoms with Crippen molar-refractivity contribution in [3.8, 4) is 0 Å². The van der Waals surface area contributed by atoms with Crippen LogP contribution in [0.1, 0.15) is 52.1 Å². The summed E-state index contributed by atoms with van der Waals surface area (Å²) in [6.45, 7) is 4.18. The zero-order valence-corrected chi connectivity index (χ0v) is 15.3. The normalized spacial score (nSPS) is 16.1. The van der Waals surface area contributed by atoms with Crippen molar-refractivity contribution in [1.82, 2.24) is 24.7 Å². The zero-order chi connectivity index (χ0) is 20.1. The highest BCUT2D eigenvalue weighted by Gasteiger charge is 2.36. The first-order chi connectivity index (χ1) is 13.2. The summed E-state index contributed by atoms with van der Waals surface area (Å²) in [5.74, 6) is -0.253. The third-order valence-electron chi connectivity index (χ3n) is 4.90. The van der Waals surface area contributed by atoms with E-state index in [0.29, 0.717) is 43.0 Å². The van der Waals surface area contributed by atoms with Crippen molar-refractivity contribution in [2.45, 2.75) is 38.8 Å². The van der Waals surface area contributed by atoms with Crippen LogP contribution in [0, 0.1) is 13.8 Å². The molecule has 4 heterocycles. The first-order valence-corrected chi connectivity index (χ1v) is 8.89. The molecule has 1 fully saturated rings. The van der Waals surface area contributed by atoms with E-state index in [9.17, 15) is 18.0 Å². The van der Waals surface area contributed by atoms with Crippen LogP contribution in [0.2, 0.25) is 0 Å². The number of carbonyl (C=O) groups is 1. The van der Waals surface area contributed by atoms with E-state index >= 15 is 0 Å². The Balaban J connectivity index is 1.56. The lowest BCUT2D eigenvalue weighted by Gasteiger charge is -2.31. The molecule has 0 spiro atoms. The van der Waals surface area contributed by atoms with Crippen LogP contribution in [-0.2, 0) is 6.18 Å². The van der Waals surface area contributed by atoms with E-state index < -0.39 is 11.9 Å². The molecule has 1 aliphatic heterocycles. The van der Waals surface area contributed by atoms with Gasteiger partial charge in [0.25, 0.3) is 5.91 Å². The van der Waals surface area contributed by atoms with Gasteiger partial charge in [0.05, 0.1) is 11.4 Å². The monoisotopic (exact) mass is 393 g/mol. The molecule has 0 radical (unpaired) electrons. The smallest absolute Gasteiger partial charge is 0.351 e. The van der Waals surface area contributed by atoms with Gasteiger partial charge < -0.3 is 9.42 Å². The van der Waals surface area contributed by atoms with E-state index in [4.69, 9.17) is 4.52 Å². The van der Waals surface area contributed by atoms with Crippen LogP contribution in [0.15, 0.2) is 22.7 Å². The van der Waals surface area contributed by atoms with Gasteiger partial charge in [0.15, 0.2) is 5.65 Å². The molecule has 7 nitrogen and oxygen atoms in total. The van der Waals surface area contributed by atoms with Gasteiger partial charge >= 0.3 is 6.18 Å². The molecule has 3 aromatic rings. The molecule has 0 unspecified atom stereocenters. The Labute approximate surface area is 158 Å². The molecule has 0 N–H and O–H groups in total. The van der Waals surface area contributed by atoms with Gasteiger partial charge in [0.2, 0.25) is 5.76 Å². The lowest BCUT2D eigenvalue weighted by atomic mass is 9.92. The molecule has 10 heteroatoms. The average Bonchev–Trinajstić information content (AvgIpc) is 3.24. The maximum absolute atomic E-state index is 13.5. The first-order valence-electron chi connectivity index (χ1n) is 8.89. The zero-order valence-electron chi connectivity index (χ0n) is 15.3. The molecular weight excluding hydrogens is 375 g/mol. The molecule has 1 saturated heterocycles. The fraction of sp³-hybridized carbons (Fsp3) is 0.444. The summed E-state index contributed by atoms with van der Waals surface area (Å²) in [7, 11) is 0. The molecule has 0 aliphatic carbocycles. The van der Waals surface area contributed by atoms with Crippen LogP contribution < -0.4 is 0 Å². The molecule has 0 aromatic carbocycles.